The van der Waals surface area contributed by atoms with E-state index in [2.05, 4.69) is 35.9 Å². The van der Waals surface area contributed by atoms with Crippen LogP contribution in [0.15, 0.2) is 30.3 Å². The lowest BCUT2D eigenvalue weighted by molar-refractivity contribution is 0.0532. The number of thiazole rings is 1. The van der Waals surface area contributed by atoms with Crippen molar-refractivity contribution < 1.29 is 9.53 Å². The molecule has 1 heterocycles. The summed E-state index contributed by atoms with van der Waals surface area (Å²) in [5.74, 6) is 0.227. The minimum atomic E-state index is -0.370. The molecule has 118 valence electrons. The quantitative estimate of drug-likeness (QED) is 0.827. The third-order valence-corrected chi connectivity index (χ3v) is 4.03. The lowest BCUT2D eigenvalue weighted by atomic mass is 10.2. The second-order valence-corrected chi connectivity index (χ2v) is 6.16. The fraction of sp³-hybridized carbons (Fsp3) is 0.375. The fourth-order valence-corrected chi connectivity index (χ4v) is 2.87. The Morgan fingerprint density at radius 1 is 1.36 bits per heavy atom. The third-order valence-electron chi connectivity index (χ3n) is 3.18. The Morgan fingerprint density at radius 3 is 2.64 bits per heavy atom. The van der Waals surface area contributed by atoms with Crippen LogP contribution >= 0.6 is 11.3 Å². The van der Waals surface area contributed by atoms with E-state index in [1.807, 2.05) is 18.2 Å². The molecule has 0 fully saturated rings. The number of aromatic nitrogens is 1. The van der Waals surface area contributed by atoms with Crippen molar-refractivity contribution in [1.82, 2.24) is 4.98 Å². The molecule has 22 heavy (non-hydrogen) atoms. The third kappa shape index (κ3) is 3.76. The molecule has 0 spiro atoms. The highest BCUT2D eigenvalue weighted by Gasteiger charge is 2.24. The Morgan fingerprint density at radius 2 is 2.05 bits per heavy atom. The average molecular weight is 319 g/mol. The lowest BCUT2D eigenvalue weighted by Gasteiger charge is -2.27. The summed E-state index contributed by atoms with van der Waals surface area (Å²) < 4.78 is 5.11. The van der Waals surface area contributed by atoms with Crippen LogP contribution in [0.5, 0.6) is 0 Å². The van der Waals surface area contributed by atoms with Gasteiger partial charge in [0.2, 0.25) is 0 Å². The zero-order valence-corrected chi connectivity index (χ0v) is 13.9. The maximum absolute atomic E-state index is 12.1. The summed E-state index contributed by atoms with van der Waals surface area (Å²) in [6, 6.07) is 10.2. The summed E-state index contributed by atoms with van der Waals surface area (Å²) in [6.45, 7) is 6.90. The molecule has 0 aliphatic carbocycles. The van der Waals surface area contributed by atoms with Gasteiger partial charge in [-0.3, -0.25) is 0 Å². The van der Waals surface area contributed by atoms with Crippen molar-refractivity contribution in [1.29, 1.82) is 0 Å². The molecule has 5 nitrogen and oxygen atoms in total. The number of ether oxygens (including phenoxy) is 1. The highest BCUT2D eigenvalue weighted by Crippen LogP contribution is 2.31. The lowest BCUT2D eigenvalue weighted by Crippen LogP contribution is -2.31. The summed E-state index contributed by atoms with van der Waals surface area (Å²) in [4.78, 5) is 19.0. The molecule has 2 rings (SSSR count). The number of nitrogens with two attached hydrogens (primary N) is 1. The number of esters is 1. The van der Waals surface area contributed by atoms with E-state index in [4.69, 9.17) is 10.5 Å². The molecule has 2 aromatic rings. The summed E-state index contributed by atoms with van der Waals surface area (Å²) in [5, 5.41) is 0.372. The molecule has 0 atom stereocenters. The number of hydrogen-bond acceptors (Lipinski definition) is 6. The monoisotopic (exact) mass is 319 g/mol. The van der Waals surface area contributed by atoms with E-state index in [1.54, 1.807) is 6.92 Å². The van der Waals surface area contributed by atoms with Gasteiger partial charge in [-0.05, 0) is 26.3 Å². The van der Waals surface area contributed by atoms with Crippen molar-refractivity contribution in [3.05, 3.63) is 40.8 Å². The topological polar surface area (TPSA) is 68.5 Å². The number of nitrogen functional groups attached to an aromatic ring is 1. The van der Waals surface area contributed by atoms with Crippen molar-refractivity contribution >= 4 is 28.3 Å². The first kappa shape index (κ1) is 16.3. The molecule has 0 bridgehead atoms. The molecular weight excluding hydrogens is 298 g/mol. The minimum Gasteiger partial charge on any atom is -0.462 e. The van der Waals surface area contributed by atoms with Crippen LogP contribution in [-0.4, -0.2) is 23.6 Å². The molecule has 6 heteroatoms. The minimum absolute atomic E-state index is 0.176. The first-order chi connectivity index (χ1) is 10.5. The van der Waals surface area contributed by atoms with Gasteiger partial charge in [-0.1, -0.05) is 41.7 Å². The van der Waals surface area contributed by atoms with Gasteiger partial charge in [0.15, 0.2) is 15.8 Å². The van der Waals surface area contributed by atoms with Gasteiger partial charge in [0.1, 0.15) is 0 Å². The molecule has 0 amide bonds. The molecule has 0 aliphatic heterocycles. The maximum atomic E-state index is 12.1. The summed E-state index contributed by atoms with van der Waals surface area (Å²) in [6.07, 6.45) is 0. The molecule has 2 N–H and O–H groups in total. The fourth-order valence-electron chi connectivity index (χ4n) is 2.13. The van der Waals surface area contributed by atoms with Gasteiger partial charge in [-0.15, -0.1) is 0 Å². The van der Waals surface area contributed by atoms with E-state index < -0.39 is 0 Å². The van der Waals surface area contributed by atoms with E-state index in [0.717, 1.165) is 5.56 Å². The molecule has 1 aromatic carbocycles. The van der Waals surface area contributed by atoms with Crippen LogP contribution in [0, 0.1) is 0 Å². The molecule has 0 saturated heterocycles. The van der Waals surface area contributed by atoms with Crippen LogP contribution in [0.25, 0.3) is 0 Å². The van der Waals surface area contributed by atoms with Crippen molar-refractivity contribution in [3.8, 4) is 0 Å². The SMILES string of the molecule is CCOC(=O)c1sc(N)nc1N(Cc1ccccc1)C(C)C. The van der Waals surface area contributed by atoms with Gasteiger partial charge in [-0.2, -0.15) is 0 Å². The highest BCUT2D eigenvalue weighted by molar-refractivity contribution is 7.17. The van der Waals surface area contributed by atoms with Crippen molar-refractivity contribution in [2.24, 2.45) is 0 Å². The van der Waals surface area contributed by atoms with E-state index in [0.29, 0.717) is 29.0 Å². The van der Waals surface area contributed by atoms with Crippen molar-refractivity contribution in [3.63, 3.8) is 0 Å². The first-order valence-corrected chi connectivity index (χ1v) is 8.08. The number of benzene rings is 1. The molecule has 1 aromatic heterocycles. The predicted octanol–water partition coefficient (Wildman–Crippen LogP) is 3.32. The van der Waals surface area contributed by atoms with E-state index in [9.17, 15) is 4.79 Å². The zero-order valence-electron chi connectivity index (χ0n) is 13.1. The Kier molecular flexibility index (Phi) is 5.38. The summed E-state index contributed by atoms with van der Waals surface area (Å²) in [7, 11) is 0. The van der Waals surface area contributed by atoms with E-state index in [-0.39, 0.29) is 12.0 Å². The second kappa shape index (κ2) is 7.26. The van der Waals surface area contributed by atoms with Crippen molar-refractivity contribution in [2.75, 3.05) is 17.2 Å². The van der Waals surface area contributed by atoms with Gasteiger partial charge in [0.05, 0.1) is 6.61 Å². The Balaban J connectivity index is 2.34. The average Bonchev–Trinajstić information content (AvgIpc) is 2.87. The highest BCUT2D eigenvalue weighted by atomic mass is 32.1. The Bertz CT molecular complexity index is 626. The predicted molar refractivity (Wildman–Crippen MR) is 90.2 cm³/mol. The molecule has 0 aliphatic rings. The Hall–Kier alpha value is -2.08. The largest absolute Gasteiger partial charge is 0.462 e. The summed E-state index contributed by atoms with van der Waals surface area (Å²) >= 11 is 1.17. The number of nitrogens with zero attached hydrogens (tertiary/aromatic N) is 2. The van der Waals surface area contributed by atoms with Gasteiger partial charge in [0, 0.05) is 12.6 Å². The summed E-state index contributed by atoms with van der Waals surface area (Å²) in [5.41, 5.74) is 6.97. The Labute approximate surface area is 134 Å². The number of anilines is 2. The normalized spacial score (nSPS) is 10.7. The van der Waals surface area contributed by atoms with Gasteiger partial charge in [0.25, 0.3) is 0 Å². The van der Waals surface area contributed by atoms with E-state index >= 15 is 0 Å². The number of hydrogen-bond donors (Lipinski definition) is 1. The van der Waals surface area contributed by atoms with Crippen LogP contribution in [0.2, 0.25) is 0 Å². The van der Waals surface area contributed by atoms with Crippen LogP contribution < -0.4 is 10.6 Å². The molecule has 0 radical (unpaired) electrons. The van der Waals surface area contributed by atoms with Crippen LogP contribution in [-0.2, 0) is 11.3 Å². The van der Waals surface area contributed by atoms with Crippen LogP contribution in [0.4, 0.5) is 10.9 Å². The van der Waals surface area contributed by atoms with Gasteiger partial charge >= 0.3 is 5.97 Å². The first-order valence-electron chi connectivity index (χ1n) is 7.27. The number of rotatable bonds is 6. The molecule has 0 saturated carbocycles. The number of carbonyl (C=O) groups excluding carboxylic acids is 1. The van der Waals surface area contributed by atoms with E-state index in [1.165, 1.54) is 11.3 Å². The standard InChI is InChI=1S/C16H21N3O2S/c1-4-21-15(20)13-14(18-16(17)22-13)19(11(2)3)10-12-8-6-5-7-9-12/h5-9,11H,4,10H2,1-3H3,(H2,17,18). The van der Waals surface area contributed by atoms with Crippen LogP contribution in [0.1, 0.15) is 36.0 Å². The van der Waals surface area contributed by atoms with Gasteiger partial charge in [-0.25, -0.2) is 9.78 Å². The van der Waals surface area contributed by atoms with Crippen LogP contribution in [0.3, 0.4) is 0 Å². The smallest absolute Gasteiger partial charge is 0.352 e. The molecule has 0 unspecified atom stereocenters. The maximum Gasteiger partial charge on any atom is 0.352 e. The second-order valence-electron chi connectivity index (χ2n) is 5.13. The molecular formula is C16H21N3O2S. The number of carbonyl (C=O) groups is 1. The van der Waals surface area contributed by atoms with Gasteiger partial charge < -0.3 is 15.4 Å². The van der Waals surface area contributed by atoms with Crippen molar-refractivity contribution in [2.45, 2.75) is 33.4 Å². The zero-order chi connectivity index (χ0) is 16.1.